The summed E-state index contributed by atoms with van der Waals surface area (Å²) in [5, 5.41) is 9.50. The first-order chi connectivity index (χ1) is 8.72. The molecule has 2 rings (SSSR count). The molecule has 1 heterocycles. The van der Waals surface area contributed by atoms with Gasteiger partial charge in [0.1, 0.15) is 6.29 Å². The van der Waals surface area contributed by atoms with Gasteiger partial charge in [0.2, 0.25) is 0 Å². The number of aldehydes is 1. The molecule has 1 aliphatic heterocycles. The van der Waals surface area contributed by atoms with Gasteiger partial charge in [-0.1, -0.05) is 42.0 Å². The Bertz CT molecular complexity index is 431. The molecule has 4 heteroatoms. The van der Waals surface area contributed by atoms with Crippen LogP contribution in [0.15, 0.2) is 42.0 Å². The fourth-order valence-corrected chi connectivity index (χ4v) is 2.36. The molecule has 0 fully saturated rings. The predicted octanol–water partition coefficient (Wildman–Crippen LogP) is 1.71. The number of nitrogens with zero attached hydrogens (tertiary/aromatic N) is 1. The van der Waals surface area contributed by atoms with Crippen LogP contribution < -0.4 is 0 Å². The van der Waals surface area contributed by atoms with Gasteiger partial charge in [0, 0.05) is 6.54 Å². The summed E-state index contributed by atoms with van der Waals surface area (Å²) in [6, 6.07) is 9.84. The lowest BCUT2D eigenvalue weighted by Crippen LogP contribution is -2.40. The van der Waals surface area contributed by atoms with Crippen molar-refractivity contribution in [3.63, 3.8) is 0 Å². The van der Waals surface area contributed by atoms with Crippen molar-refractivity contribution in [1.29, 1.82) is 0 Å². The highest BCUT2D eigenvalue weighted by Gasteiger charge is 2.23. The van der Waals surface area contributed by atoms with Crippen LogP contribution in [0.3, 0.4) is 0 Å². The summed E-state index contributed by atoms with van der Waals surface area (Å²) in [5.41, 5.74) is 2.21. The van der Waals surface area contributed by atoms with Crippen LogP contribution in [0, 0.1) is 0 Å². The van der Waals surface area contributed by atoms with E-state index < -0.39 is 7.05 Å². The lowest BCUT2D eigenvalue weighted by atomic mass is 9.81. The van der Waals surface area contributed by atoms with Crippen LogP contribution >= 0.6 is 0 Å². The number of carbonyl (C=O) groups excluding carboxylic acids is 1. The third-order valence-corrected chi connectivity index (χ3v) is 3.50. The maximum atomic E-state index is 11.3. The van der Waals surface area contributed by atoms with Gasteiger partial charge >= 0.3 is 7.05 Å². The largest absolute Gasteiger partial charge is 0.437 e. The maximum Gasteiger partial charge on any atom is 0.376 e. The lowest BCUT2D eigenvalue weighted by Gasteiger charge is -2.29. The van der Waals surface area contributed by atoms with Crippen molar-refractivity contribution in [1.82, 2.24) is 4.81 Å². The number of carbonyl (C=O) groups is 1. The van der Waals surface area contributed by atoms with Crippen molar-refractivity contribution in [2.24, 2.45) is 0 Å². The Hall–Kier alpha value is -1.39. The quantitative estimate of drug-likeness (QED) is 0.497. The smallest absolute Gasteiger partial charge is 0.376 e. The highest BCUT2D eigenvalue weighted by molar-refractivity contribution is 6.45. The molecule has 0 amide bonds. The van der Waals surface area contributed by atoms with E-state index in [9.17, 15) is 9.82 Å². The fourth-order valence-electron chi connectivity index (χ4n) is 2.36. The van der Waals surface area contributed by atoms with E-state index in [0.29, 0.717) is 6.54 Å². The molecule has 1 aromatic rings. The van der Waals surface area contributed by atoms with Gasteiger partial charge < -0.3 is 14.6 Å². The first-order valence-electron chi connectivity index (χ1n) is 6.33. The molecule has 0 aromatic heterocycles. The van der Waals surface area contributed by atoms with Crippen LogP contribution in [-0.4, -0.2) is 36.3 Å². The molecular weight excluding hydrogens is 225 g/mol. The van der Waals surface area contributed by atoms with Crippen molar-refractivity contribution < 1.29 is 9.82 Å². The highest BCUT2D eigenvalue weighted by atomic mass is 16.2. The van der Waals surface area contributed by atoms with Gasteiger partial charge in [0.15, 0.2) is 0 Å². The molecule has 3 nitrogen and oxygen atoms in total. The van der Waals surface area contributed by atoms with Gasteiger partial charge in [0.25, 0.3) is 0 Å². The monoisotopic (exact) mass is 243 g/mol. The van der Waals surface area contributed by atoms with E-state index in [2.05, 4.69) is 6.08 Å². The van der Waals surface area contributed by atoms with Crippen molar-refractivity contribution in [2.75, 3.05) is 13.1 Å². The number of rotatable bonds is 4. The second kappa shape index (κ2) is 5.98. The average Bonchev–Trinajstić information content (AvgIpc) is 2.41. The van der Waals surface area contributed by atoms with E-state index in [-0.39, 0.29) is 5.92 Å². The number of hydrogen-bond acceptors (Lipinski definition) is 3. The summed E-state index contributed by atoms with van der Waals surface area (Å²) in [7, 11) is -0.422. The second-order valence-electron chi connectivity index (χ2n) is 4.68. The van der Waals surface area contributed by atoms with Crippen molar-refractivity contribution in [3.05, 3.63) is 47.5 Å². The van der Waals surface area contributed by atoms with E-state index in [1.54, 1.807) is 6.82 Å². The molecular formula is C14H18BNO2. The van der Waals surface area contributed by atoms with Crippen molar-refractivity contribution in [3.8, 4) is 0 Å². The molecule has 94 valence electrons. The Morgan fingerprint density at radius 1 is 1.39 bits per heavy atom. The third-order valence-electron chi connectivity index (χ3n) is 3.50. The summed E-state index contributed by atoms with van der Waals surface area (Å²) in [4.78, 5) is 13.3. The van der Waals surface area contributed by atoms with E-state index in [4.69, 9.17) is 0 Å². The molecule has 0 bridgehead atoms. The van der Waals surface area contributed by atoms with Gasteiger partial charge in [-0.2, -0.15) is 0 Å². The van der Waals surface area contributed by atoms with Gasteiger partial charge in [0.05, 0.1) is 5.92 Å². The van der Waals surface area contributed by atoms with Gasteiger partial charge in [-0.05, 0) is 25.4 Å². The minimum absolute atomic E-state index is 0.137. The average molecular weight is 243 g/mol. The lowest BCUT2D eigenvalue weighted by molar-refractivity contribution is -0.108. The van der Waals surface area contributed by atoms with E-state index in [1.807, 2.05) is 35.1 Å². The van der Waals surface area contributed by atoms with Gasteiger partial charge in [-0.15, -0.1) is 0 Å². The molecule has 18 heavy (non-hydrogen) atoms. The SMILES string of the molecule is CB(O)N1CC=C(C(C=O)c2ccccc2)CC1. The summed E-state index contributed by atoms with van der Waals surface area (Å²) in [6.07, 6.45) is 3.92. The van der Waals surface area contributed by atoms with Gasteiger partial charge in [-0.3, -0.25) is 0 Å². The summed E-state index contributed by atoms with van der Waals surface area (Å²) < 4.78 is 0. The second-order valence-corrected chi connectivity index (χ2v) is 4.68. The standard InChI is InChI=1S/C14H18BNO2/c1-15(18)16-9-7-13(8-10-16)14(11-17)12-5-3-2-4-6-12/h2-7,11,14,18H,8-10H2,1H3. The van der Waals surface area contributed by atoms with Crippen LogP contribution in [-0.2, 0) is 4.79 Å². The Balaban J connectivity index is 2.13. The van der Waals surface area contributed by atoms with Crippen LogP contribution in [0.5, 0.6) is 0 Å². The molecule has 1 aliphatic rings. The van der Waals surface area contributed by atoms with Crippen LogP contribution in [0.1, 0.15) is 17.9 Å². The molecule has 1 aromatic carbocycles. The van der Waals surface area contributed by atoms with Crippen molar-refractivity contribution in [2.45, 2.75) is 19.2 Å². The molecule has 1 unspecified atom stereocenters. The van der Waals surface area contributed by atoms with Crippen LogP contribution in [0.4, 0.5) is 0 Å². The normalized spacial score (nSPS) is 18.0. The van der Waals surface area contributed by atoms with E-state index in [0.717, 1.165) is 30.4 Å². The summed E-state index contributed by atoms with van der Waals surface area (Å²) >= 11 is 0. The fraction of sp³-hybridized carbons (Fsp3) is 0.357. The Morgan fingerprint density at radius 2 is 2.11 bits per heavy atom. The molecule has 0 saturated carbocycles. The van der Waals surface area contributed by atoms with E-state index in [1.165, 1.54) is 0 Å². The maximum absolute atomic E-state index is 11.3. The molecule has 1 N–H and O–H groups in total. The molecule has 0 aliphatic carbocycles. The third kappa shape index (κ3) is 2.89. The number of hydrogen-bond donors (Lipinski definition) is 1. The van der Waals surface area contributed by atoms with Gasteiger partial charge in [-0.25, -0.2) is 0 Å². The molecule has 0 saturated heterocycles. The first kappa shape index (κ1) is 13.1. The zero-order valence-corrected chi connectivity index (χ0v) is 10.6. The first-order valence-corrected chi connectivity index (χ1v) is 6.33. The van der Waals surface area contributed by atoms with Crippen LogP contribution in [0.2, 0.25) is 6.82 Å². The predicted molar refractivity (Wildman–Crippen MR) is 73.4 cm³/mol. The number of benzene rings is 1. The molecule has 1 atom stereocenters. The Morgan fingerprint density at radius 3 is 2.61 bits per heavy atom. The summed E-state index contributed by atoms with van der Waals surface area (Å²) in [5.74, 6) is -0.137. The highest BCUT2D eigenvalue weighted by Crippen LogP contribution is 2.27. The van der Waals surface area contributed by atoms with E-state index >= 15 is 0 Å². The van der Waals surface area contributed by atoms with Crippen LogP contribution in [0.25, 0.3) is 0 Å². The zero-order valence-electron chi connectivity index (χ0n) is 10.6. The topological polar surface area (TPSA) is 40.5 Å². The minimum atomic E-state index is -0.422. The Kier molecular flexibility index (Phi) is 4.34. The molecule has 0 spiro atoms. The van der Waals surface area contributed by atoms with Crippen molar-refractivity contribution >= 4 is 13.3 Å². The minimum Gasteiger partial charge on any atom is -0.437 e. The zero-order chi connectivity index (χ0) is 13.0. The molecule has 0 radical (unpaired) electrons. The summed E-state index contributed by atoms with van der Waals surface area (Å²) in [6.45, 7) is 3.29. The Labute approximate surface area is 108 Å².